The summed E-state index contributed by atoms with van der Waals surface area (Å²) in [4.78, 5) is 16.5. The molecule has 2 N–H and O–H groups in total. The van der Waals surface area contributed by atoms with Crippen molar-refractivity contribution in [2.45, 2.75) is 38.1 Å². The van der Waals surface area contributed by atoms with Gasteiger partial charge in [-0.3, -0.25) is 5.32 Å². The van der Waals surface area contributed by atoms with Gasteiger partial charge < -0.3 is 15.1 Å². The van der Waals surface area contributed by atoms with Crippen molar-refractivity contribution in [3.05, 3.63) is 42.2 Å². The molecular weight excluding hydrogens is 371 g/mol. The summed E-state index contributed by atoms with van der Waals surface area (Å²) in [5.41, 5.74) is 1.03. The van der Waals surface area contributed by atoms with Crippen molar-refractivity contribution in [3.63, 3.8) is 0 Å². The van der Waals surface area contributed by atoms with Crippen molar-refractivity contribution in [1.29, 1.82) is 0 Å². The third-order valence-corrected chi connectivity index (χ3v) is 5.63. The summed E-state index contributed by atoms with van der Waals surface area (Å²) in [6.45, 7) is 3.27. The van der Waals surface area contributed by atoms with Gasteiger partial charge in [-0.05, 0) is 49.2 Å². The van der Waals surface area contributed by atoms with Crippen LogP contribution in [0.1, 0.15) is 32.1 Å². The average Bonchev–Trinajstić information content (AvgIpc) is 2.76. The smallest absolute Gasteiger partial charge is 0.320 e. The number of rotatable bonds is 4. The minimum absolute atomic E-state index is 0.216. The minimum atomic E-state index is -0.219. The van der Waals surface area contributed by atoms with Crippen LogP contribution >= 0.6 is 0 Å². The highest BCUT2D eigenvalue weighted by Crippen LogP contribution is 2.20. The van der Waals surface area contributed by atoms with Gasteiger partial charge in [0.25, 0.3) is 0 Å². The first-order chi connectivity index (χ1) is 14.2. The Hall–Kier alpha value is -2.90. The number of nitrogens with zero attached hydrogens (tertiary/aromatic N) is 4. The van der Waals surface area contributed by atoms with Gasteiger partial charge >= 0.3 is 6.03 Å². The first-order valence-corrected chi connectivity index (χ1v) is 10.3. The van der Waals surface area contributed by atoms with Crippen LogP contribution in [0.5, 0.6) is 0 Å². The van der Waals surface area contributed by atoms with E-state index < -0.39 is 0 Å². The molecule has 4 rings (SSSR count). The second-order valence-corrected chi connectivity index (χ2v) is 7.66. The normalized spacial score (nSPS) is 17.8. The SMILES string of the molecule is O=C(Nc1ccc(N2CCN(c3ccc(F)cc3)CC2)nn1)NC1CCCCC1. The molecule has 2 heterocycles. The van der Waals surface area contributed by atoms with Crippen LogP contribution in [0.4, 0.5) is 26.5 Å². The predicted octanol–water partition coefficient (Wildman–Crippen LogP) is 3.40. The molecule has 0 radical (unpaired) electrons. The van der Waals surface area contributed by atoms with Gasteiger partial charge in [0.05, 0.1) is 0 Å². The van der Waals surface area contributed by atoms with Gasteiger partial charge in [-0.25, -0.2) is 9.18 Å². The zero-order valence-electron chi connectivity index (χ0n) is 16.5. The Labute approximate surface area is 170 Å². The molecule has 154 valence electrons. The number of nitrogens with one attached hydrogen (secondary N) is 2. The van der Waals surface area contributed by atoms with Gasteiger partial charge in [-0.2, -0.15) is 0 Å². The third kappa shape index (κ3) is 5.13. The molecule has 2 aromatic rings. The van der Waals surface area contributed by atoms with E-state index in [0.29, 0.717) is 5.82 Å². The maximum Gasteiger partial charge on any atom is 0.320 e. The summed E-state index contributed by atoms with van der Waals surface area (Å²) in [6.07, 6.45) is 5.69. The Bertz CT molecular complexity index is 799. The summed E-state index contributed by atoms with van der Waals surface area (Å²) in [6, 6.07) is 10.3. The van der Waals surface area contributed by atoms with Gasteiger partial charge in [0.2, 0.25) is 0 Å². The molecule has 1 saturated heterocycles. The first-order valence-electron chi connectivity index (χ1n) is 10.3. The van der Waals surface area contributed by atoms with Crippen molar-refractivity contribution in [3.8, 4) is 0 Å². The number of halogens is 1. The van der Waals surface area contributed by atoms with Gasteiger partial charge in [0, 0.05) is 37.9 Å². The summed E-state index contributed by atoms with van der Waals surface area (Å²) in [5.74, 6) is 1.03. The van der Waals surface area contributed by atoms with E-state index in [1.165, 1.54) is 31.4 Å². The lowest BCUT2D eigenvalue weighted by Gasteiger charge is -2.36. The monoisotopic (exact) mass is 398 g/mol. The van der Waals surface area contributed by atoms with Gasteiger partial charge in [-0.15, -0.1) is 10.2 Å². The second-order valence-electron chi connectivity index (χ2n) is 7.66. The van der Waals surface area contributed by atoms with Crippen LogP contribution in [0.3, 0.4) is 0 Å². The summed E-state index contributed by atoms with van der Waals surface area (Å²) >= 11 is 0. The Morgan fingerprint density at radius 1 is 0.897 bits per heavy atom. The highest BCUT2D eigenvalue weighted by molar-refractivity contribution is 5.88. The van der Waals surface area contributed by atoms with Gasteiger partial charge in [-0.1, -0.05) is 19.3 Å². The number of amides is 2. The zero-order valence-corrected chi connectivity index (χ0v) is 16.5. The molecule has 1 saturated carbocycles. The van der Waals surface area contributed by atoms with Crippen molar-refractivity contribution < 1.29 is 9.18 Å². The molecule has 29 heavy (non-hydrogen) atoms. The number of carbonyl (C=O) groups is 1. The average molecular weight is 398 g/mol. The number of hydrogen-bond acceptors (Lipinski definition) is 5. The number of hydrogen-bond donors (Lipinski definition) is 2. The number of anilines is 3. The number of aromatic nitrogens is 2. The first kappa shape index (κ1) is 19.4. The molecule has 7 nitrogen and oxygen atoms in total. The fourth-order valence-corrected chi connectivity index (χ4v) is 3.99. The lowest BCUT2D eigenvalue weighted by atomic mass is 9.96. The molecule has 2 fully saturated rings. The fraction of sp³-hybridized carbons (Fsp3) is 0.476. The van der Waals surface area contributed by atoms with Crippen molar-refractivity contribution >= 4 is 23.4 Å². The highest BCUT2D eigenvalue weighted by Gasteiger charge is 2.19. The van der Waals surface area contributed by atoms with E-state index in [-0.39, 0.29) is 17.9 Å². The Morgan fingerprint density at radius 2 is 1.59 bits per heavy atom. The molecule has 0 atom stereocenters. The van der Waals surface area contributed by atoms with E-state index in [1.54, 1.807) is 6.07 Å². The lowest BCUT2D eigenvalue weighted by Crippen LogP contribution is -2.46. The topological polar surface area (TPSA) is 73.4 Å². The van der Waals surface area contributed by atoms with Crippen LogP contribution in [-0.2, 0) is 0 Å². The molecule has 0 spiro atoms. The van der Waals surface area contributed by atoms with Gasteiger partial charge in [0.15, 0.2) is 11.6 Å². The van der Waals surface area contributed by atoms with Crippen LogP contribution in [0.2, 0.25) is 0 Å². The molecule has 1 aliphatic carbocycles. The fourth-order valence-electron chi connectivity index (χ4n) is 3.99. The third-order valence-electron chi connectivity index (χ3n) is 5.63. The van der Waals surface area contributed by atoms with Crippen LogP contribution in [0, 0.1) is 5.82 Å². The summed E-state index contributed by atoms with van der Waals surface area (Å²) in [7, 11) is 0. The number of carbonyl (C=O) groups excluding carboxylic acids is 1. The van der Waals surface area contributed by atoms with E-state index in [4.69, 9.17) is 0 Å². The number of piperazine rings is 1. The zero-order chi connectivity index (χ0) is 20.1. The Morgan fingerprint density at radius 3 is 2.24 bits per heavy atom. The molecule has 8 heteroatoms. The van der Waals surface area contributed by atoms with E-state index in [9.17, 15) is 9.18 Å². The molecule has 1 aromatic heterocycles. The van der Waals surface area contributed by atoms with Crippen molar-refractivity contribution in [2.75, 3.05) is 41.3 Å². The second kappa shape index (κ2) is 9.07. The standard InChI is InChI=1S/C21H27FN6O/c22-16-6-8-18(9-7-16)27-12-14-28(15-13-27)20-11-10-19(25-26-20)24-21(29)23-17-4-2-1-3-5-17/h6-11,17H,1-5,12-15H2,(H2,23,24,25,29). The largest absolute Gasteiger partial charge is 0.368 e. The summed E-state index contributed by atoms with van der Waals surface area (Å²) < 4.78 is 13.1. The van der Waals surface area contributed by atoms with Crippen LogP contribution in [0.25, 0.3) is 0 Å². The maximum atomic E-state index is 13.1. The van der Waals surface area contributed by atoms with E-state index in [1.807, 2.05) is 18.2 Å². The molecule has 1 aliphatic heterocycles. The molecule has 2 aliphatic rings. The van der Waals surface area contributed by atoms with E-state index >= 15 is 0 Å². The van der Waals surface area contributed by atoms with Crippen LogP contribution in [-0.4, -0.2) is 48.4 Å². The van der Waals surface area contributed by atoms with E-state index in [0.717, 1.165) is 50.5 Å². The van der Waals surface area contributed by atoms with E-state index in [2.05, 4.69) is 30.6 Å². The Kier molecular flexibility index (Phi) is 6.07. The molecular formula is C21H27FN6O. The van der Waals surface area contributed by atoms with Crippen LogP contribution < -0.4 is 20.4 Å². The Balaban J connectivity index is 1.27. The maximum absolute atomic E-state index is 13.1. The highest BCUT2D eigenvalue weighted by atomic mass is 19.1. The predicted molar refractivity (Wildman–Crippen MR) is 112 cm³/mol. The molecule has 0 unspecified atom stereocenters. The van der Waals surface area contributed by atoms with Crippen LogP contribution in [0.15, 0.2) is 36.4 Å². The van der Waals surface area contributed by atoms with Crippen molar-refractivity contribution in [2.24, 2.45) is 0 Å². The summed E-state index contributed by atoms with van der Waals surface area (Å²) in [5, 5.41) is 14.2. The minimum Gasteiger partial charge on any atom is -0.368 e. The number of urea groups is 1. The van der Waals surface area contributed by atoms with Crippen molar-refractivity contribution in [1.82, 2.24) is 15.5 Å². The molecule has 0 bridgehead atoms. The van der Waals surface area contributed by atoms with Gasteiger partial charge in [0.1, 0.15) is 5.82 Å². The molecule has 2 amide bonds. The quantitative estimate of drug-likeness (QED) is 0.826. The molecule has 1 aromatic carbocycles. The number of benzene rings is 1. The lowest BCUT2D eigenvalue weighted by molar-refractivity contribution is 0.244.